The van der Waals surface area contributed by atoms with Gasteiger partial charge in [-0.05, 0) is 52.1 Å². The number of carbonyl (C=O) groups is 1. The van der Waals surface area contributed by atoms with Gasteiger partial charge in [0.1, 0.15) is 6.54 Å². The van der Waals surface area contributed by atoms with E-state index in [-0.39, 0.29) is 12.5 Å². The lowest BCUT2D eigenvalue weighted by Gasteiger charge is -2.30. The summed E-state index contributed by atoms with van der Waals surface area (Å²) >= 11 is 0. The minimum atomic E-state index is 0.145. The van der Waals surface area contributed by atoms with Crippen LogP contribution in [0.15, 0.2) is 4.99 Å². The molecule has 2 heterocycles. The lowest BCUT2D eigenvalue weighted by molar-refractivity contribution is -0.128. The average Bonchev–Trinajstić information content (AvgIpc) is 3.04. The SMILES string of the molecule is CCNC(=NCC(=O)N1CCCC1)NCC1CCCN(C)C1. The predicted molar refractivity (Wildman–Crippen MR) is 90.0 cm³/mol. The van der Waals surface area contributed by atoms with Crippen LogP contribution in [0.25, 0.3) is 0 Å². The Labute approximate surface area is 134 Å². The summed E-state index contributed by atoms with van der Waals surface area (Å²) in [6, 6.07) is 0. The zero-order valence-corrected chi connectivity index (χ0v) is 14.1. The second-order valence-electron chi connectivity index (χ2n) is 6.43. The van der Waals surface area contributed by atoms with Crippen molar-refractivity contribution in [3.63, 3.8) is 0 Å². The normalized spacial score (nSPS) is 23.6. The lowest BCUT2D eigenvalue weighted by atomic mass is 9.99. The smallest absolute Gasteiger partial charge is 0.244 e. The van der Waals surface area contributed by atoms with Crippen molar-refractivity contribution >= 4 is 11.9 Å². The summed E-state index contributed by atoms with van der Waals surface area (Å²) in [6.07, 6.45) is 4.79. The largest absolute Gasteiger partial charge is 0.357 e. The van der Waals surface area contributed by atoms with Crippen LogP contribution in [0.1, 0.15) is 32.6 Å². The first-order chi connectivity index (χ1) is 10.7. The maximum absolute atomic E-state index is 12.1. The molecule has 0 aromatic carbocycles. The first-order valence-electron chi connectivity index (χ1n) is 8.67. The van der Waals surface area contributed by atoms with E-state index in [1.54, 1.807) is 0 Å². The molecule has 0 aromatic heterocycles. The van der Waals surface area contributed by atoms with E-state index in [1.165, 1.54) is 19.4 Å². The van der Waals surface area contributed by atoms with Crippen molar-refractivity contribution in [2.75, 3.05) is 52.9 Å². The topological polar surface area (TPSA) is 60.0 Å². The minimum absolute atomic E-state index is 0.145. The third kappa shape index (κ3) is 5.48. The van der Waals surface area contributed by atoms with Crippen molar-refractivity contribution in [3.05, 3.63) is 0 Å². The van der Waals surface area contributed by atoms with Crippen molar-refractivity contribution in [1.82, 2.24) is 20.4 Å². The van der Waals surface area contributed by atoms with Gasteiger partial charge in [-0.3, -0.25) is 4.79 Å². The first kappa shape index (κ1) is 17.1. The Hall–Kier alpha value is -1.30. The highest BCUT2D eigenvalue weighted by Gasteiger charge is 2.19. The van der Waals surface area contributed by atoms with E-state index in [4.69, 9.17) is 0 Å². The minimum Gasteiger partial charge on any atom is -0.357 e. The number of carbonyl (C=O) groups excluding carboxylic acids is 1. The van der Waals surface area contributed by atoms with Gasteiger partial charge in [0, 0.05) is 32.7 Å². The van der Waals surface area contributed by atoms with E-state index < -0.39 is 0 Å². The molecule has 126 valence electrons. The quantitative estimate of drug-likeness (QED) is 0.574. The zero-order chi connectivity index (χ0) is 15.8. The summed E-state index contributed by atoms with van der Waals surface area (Å²) < 4.78 is 0. The number of guanidine groups is 1. The van der Waals surface area contributed by atoms with Crippen LogP contribution in [0.4, 0.5) is 0 Å². The molecule has 1 amide bonds. The van der Waals surface area contributed by atoms with E-state index in [1.807, 2.05) is 11.8 Å². The summed E-state index contributed by atoms with van der Waals surface area (Å²) in [7, 11) is 2.18. The Bertz CT molecular complexity index is 379. The monoisotopic (exact) mass is 309 g/mol. The molecule has 6 heteroatoms. The summed E-state index contributed by atoms with van der Waals surface area (Å²) in [5.41, 5.74) is 0. The van der Waals surface area contributed by atoms with Gasteiger partial charge in [-0.15, -0.1) is 0 Å². The molecule has 2 rings (SSSR count). The zero-order valence-electron chi connectivity index (χ0n) is 14.1. The molecule has 2 aliphatic heterocycles. The molecule has 0 spiro atoms. The van der Waals surface area contributed by atoms with E-state index in [0.717, 1.165) is 51.5 Å². The molecule has 6 nitrogen and oxygen atoms in total. The number of amides is 1. The van der Waals surface area contributed by atoms with Gasteiger partial charge in [-0.25, -0.2) is 4.99 Å². The summed E-state index contributed by atoms with van der Waals surface area (Å²) in [5.74, 6) is 1.58. The van der Waals surface area contributed by atoms with Gasteiger partial charge < -0.3 is 20.4 Å². The average molecular weight is 309 g/mol. The summed E-state index contributed by atoms with van der Waals surface area (Å²) in [6.45, 7) is 8.17. The van der Waals surface area contributed by atoms with E-state index in [2.05, 4.69) is 27.6 Å². The van der Waals surface area contributed by atoms with Crippen LogP contribution in [0.3, 0.4) is 0 Å². The van der Waals surface area contributed by atoms with Crippen LogP contribution in [0.5, 0.6) is 0 Å². The fourth-order valence-electron chi connectivity index (χ4n) is 3.24. The van der Waals surface area contributed by atoms with Gasteiger partial charge in [-0.2, -0.15) is 0 Å². The molecule has 0 saturated carbocycles. The fraction of sp³-hybridized carbons (Fsp3) is 0.875. The van der Waals surface area contributed by atoms with Gasteiger partial charge in [0.2, 0.25) is 5.91 Å². The third-order valence-electron chi connectivity index (χ3n) is 4.46. The molecule has 0 aromatic rings. The highest BCUT2D eigenvalue weighted by molar-refractivity contribution is 5.85. The van der Waals surface area contributed by atoms with Gasteiger partial charge >= 0.3 is 0 Å². The molecule has 0 radical (unpaired) electrons. The van der Waals surface area contributed by atoms with E-state index in [0.29, 0.717) is 5.92 Å². The Morgan fingerprint density at radius 3 is 2.64 bits per heavy atom. The second-order valence-corrected chi connectivity index (χ2v) is 6.43. The number of aliphatic imine (C=N–C) groups is 1. The third-order valence-corrected chi connectivity index (χ3v) is 4.46. The van der Waals surface area contributed by atoms with Crippen LogP contribution in [-0.2, 0) is 4.79 Å². The second kappa shape index (κ2) is 8.98. The molecular formula is C16H31N5O. The standard InChI is InChI=1S/C16H31N5O/c1-3-17-16(18-11-14-7-6-8-20(2)13-14)19-12-15(22)21-9-4-5-10-21/h14H,3-13H2,1-2H3,(H2,17,18,19). The Balaban J connectivity index is 1.77. The molecule has 2 saturated heterocycles. The number of nitrogens with one attached hydrogen (secondary N) is 2. The van der Waals surface area contributed by atoms with Gasteiger partial charge in [0.25, 0.3) is 0 Å². The van der Waals surface area contributed by atoms with Crippen LogP contribution >= 0.6 is 0 Å². The van der Waals surface area contributed by atoms with Crippen molar-refractivity contribution in [3.8, 4) is 0 Å². The number of hydrogen-bond acceptors (Lipinski definition) is 3. The van der Waals surface area contributed by atoms with Gasteiger partial charge in [0.05, 0.1) is 0 Å². The summed E-state index contributed by atoms with van der Waals surface area (Å²) in [5, 5.41) is 6.63. The molecule has 0 bridgehead atoms. The molecule has 2 N–H and O–H groups in total. The number of piperidine rings is 1. The molecule has 2 aliphatic rings. The van der Waals surface area contributed by atoms with Crippen LogP contribution in [0, 0.1) is 5.92 Å². The van der Waals surface area contributed by atoms with E-state index in [9.17, 15) is 4.79 Å². The van der Waals surface area contributed by atoms with Crippen LogP contribution in [0.2, 0.25) is 0 Å². The predicted octanol–water partition coefficient (Wildman–Crippen LogP) is 0.506. The molecule has 22 heavy (non-hydrogen) atoms. The maximum atomic E-state index is 12.1. The molecule has 2 fully saturated rings. The van der Waals surface area contributed by atoms with Crippen molar-refractivity contribution in [2.24, 2.45) is 10.9 Å². The van der Waals surface area contributed by atoms with Crippen LogP contribution < -0.4 is 10.6 Å². The maximum Gasteiger partial charge on any atom is 0.244 e. The van der Waals surface area contributed by atoms with Crippen molar-refractivity contribution < 1.29 is 4.79 Å². The van der Waals surface area contributed by atoms with Gasteiger partial charge in [0.15, 0.2) is 5.96 Å². The lowest BCUT2D eigenvalue weighted by Crippen LogP contribution is -2.44. The molecule has 1 unspecified atom stereocenters. The molecule has 0 aliphatic carbocycles. The number of rotatable bonds is 5. The van der Waals surface area contributed by atoms with Crippen molar-refractivity contribution in [1.29, 1.82) is 0 Å². The Kier molecular flexibility index (Phi) is 6.96. The molecular weight excluding hydrogens is 278 g/mol. The Morgan fingerprint density at radius 2 is 1.95 bits per heavy atom. The summed E-state index contributed by atoms with van der Waals surface area (Å²) in [4.78, 5) is 20.8. The van der Waals surface area contributed by atoms with Crippen LogP contribution in [-0.4, -0.2) is 74.5 Å². The molecule has 1 atom stereocenters. The number of hydrogen-bond donors (Lipinski definition) is 2. The van der Waals surface area contributed by atoms with E-state index >= 15 is 0 Å². The number of likely N-dealkylation sites (tertiary alicyclic amines) is 2. The van der Waals surface area contributed by atoms with Gasteiger partial charge in [-0.1, -0.05) is 0 Å². The highest BCUT2D eigenvalue weighted by Crippen LogP contribution is 2.13. The Morgan fingerprint density at radius 1 is 1.18 bits per heavy atom. The fourth-order valence-corrected chi connectivity index (χ4v) is 3.24. The highest BCUT2D eigenvalue weighted by atomic mass is 16.2. The van der Waals surface area contributed by atoms with Crippen molar-refractivity contribution in [2.45, 2.75) is 32.6 Å². The number of nitrogens with zero attached hydrogens (tertiary/aromatic N) is 3. The first-order valence-corrected chi connectivity index (χ1v) is 8.67.